The van der Waals surface area contributed by atoms with Crippen molar-refractivity contribution in [1.29, 1.82) is 0 Å². The molecule has 3 N–H and O–H groups in total. The summed E-state index contributed by atoms with van der Waals surface area (Å²) in [5.74, 6) is -0.670. The van der Waals surface area contributed by atoms with Gasteiger partial charge in [0.15, 0.2) is 16.7 Å². The predicted octanol–water partition coefficient (Wildman–Crippen LogP) is 3.52. The van der Waals surface area contributed by atoms with E-state index in [0.717, 1.165) is 45.6 Å². The molecule has 2 aromatic rings. The van der Waals surface area contributed by atoms with E-state index in [2.05, 4.69) is 27.9 Å². The summed E-state index contributed by atoms with van der Waals surface area (Å²) in [5, 5.41) is 8.52. The number of amides is 1. The molecule has 0 radical (unpaired) electrons. The van der Waals surface area contributed by atoms with Crippen LogP contribution in [0.25, 0.3) is 0 Å². The Labute approximate surface area is 187 Å². The minimum atomic E-state index is -0.483. The van der Waals surface area contributed by atoms with Crippen molar-refractivity contribution in [3.63, 3.8) is 0 Å². The molecule has 1 aliphatic rings. The van der Waals surface area contributed by atoms with Crippen molar-refractivity contribution in [3.05, 3.63) is 54.1 Å². The molecule has 1 saturated heterocycles. The fraction of sp³-hybridized carbons (Fsp3) is 0.409. The van der Waals surface area contributed by atoms with Crippen molar-refractivity contribution in [3.8, 4) is 5.75 Å². The lowest BCUT2D eigenvalue weighted by molar-refractivity contribution is 0.0977. The molecule has 2 heterocycles. The van der Waals surface area contributed by atoms with E-state index in [1.807, 2.05) is 0 Å². The molecule has 0 spiro atoms. The number of hydrogen-bond donors (Lipinski definition) is 3. The van der Waals surface area contributed by atoms with Crippen molar-refractivity contribution in [2.45, 2.75) is 26.2 Å². The fourth-order valence-electron chi connectivity index (χ4n) is 2.58. The highest BCUT2D eigenvalue weighted by atomic mass is 32.1. The van der Waals surface area contributed by atoms with Crippen LogP contribution in [0.4, 0.5) is 10.1 Å². The number of benzene rings is 1. The number of nitrogens with one attached hydrogen (secondary N) is 3. The van der Waals surface area contributed by atoms with Gasteiger partial charge < -0.3 is 20.1 Å². The van der Waals surface area contributed by atoms with E-state index >= 15 is 0 Å². The van der Waals surface area contributed by atoms with Gasteiger partial charge in [-0.1, -0.05) is 19.8 Å². The Balaban J connectivity index is 0.000000488. The molecule has 0 atom stereocenters. The quantitative estimate of drug-likeness (QED) is 0.441. The molecule has 0 unspecified atom stereocenters. The Morgan fingerprint density at radius 3 is 2.68 bits per heavy atom. The van der Waals surface area contributed by atoms with Crippen molar-refractivity contribution in [2.75, 3.05) is 38.2 Å². The van der Waals surface area contributed by atoms with Crippen LogP contribution in [0, 0.1) is 5.82 Å². The van der Waals surface area contributed by atoms with E-state index in [0.29, 0.717) is 17.9 Å². The molecule has 3 rings (SSSR count). The van der Waals surface area contributed by atoms with Gasteiger partial charge in [-0.2, -0.15) is 0 Å². The largest absolute Gasteiger partial charge is 0.491 e. The van der Waals surface area contributed by atoms with Gasteiger partial charge in [-0.15, -0.1) is 0 Å². The zero-order valence-corrected chi connectivity index (χ0v) is 18.5. The van der Waals surface area contributed by atoms with Crippen molar-refractivity contribution < 1.29 is 18.7 Å². The van der Waals surface area contributed by atoms with E-state index in [9.17, 15) is 9.18 Å². The monoisotopic (exact) mass is 448 g/mol. The number of nitrogens with zero attached hydrogens (tertiary/aromatic N) is 1. The van der Waals surface area contributed by atoms with Gasteiger partial charge in [0, 0.05) is 37.2 Å². The highest BCUT2D eigenvalue weighted by Gasteiger charge is 2.09. The lowest BCUT2D eigenvalue weighted by atomic mass is 10.2. The molecule has 0 saturated carbocycles. The third-order valence-electron chi connectivity index (χ3n) is 4.19. The summed E-state index contributed by atoms with van der Waals surface area (Å²) in [6.45, 7) is 6.41. The average Bonchev–Trinajstić information content (AvgIpc) is 2.80. The SMILES string of the molecule is C1COCCN1.CCCCCOc1ccc(NC(=S)NC(=O)c2cccnc2)cc1F. The smallest absolute Gasteiger partial charge is 0.258 e. The second kappa shape index (κ2) is 14.4. The first-order valence-corrected chi connectivity index (χ1v) is 10.7. The van der Waals surface area contributed by atoms with Crippen LogP contribution in [0.3, 0.4) is 0 Å². The first-order valence-electron chi connectivity index (χ1n) is 10.3. The molecular weight excluding hydrogens is 419 g/mol. The number of hydrogen-bond acceptors (Lipinski definition) is 6. The topological polar surface area (TPSA) is 84.5 Å². The van der Waals surface area contributed by atoms with Crippen LogP contribution in [-0.4, -0.2) is 48.9 Å². The second-order valence-corrected chi connectivity index (χ2v) is 7.12. The van der Waals surface area contributed by atoms with Gasteiger partial charge in [-0.25, -0.2) is 4.39 Å². The third-order valence-corrected chi connectivity index (χ3v) is 4.40. The number of unbranched alkanes of at least 4 members (excludes halogenated alkanes) is 2. The Kier molecular flexibility index (Phi) is 11.4. The molecule has 31 heavy (non-hydrogen) atoms. The summed E-state index contributed by atoms with van der Waals surface area (Å²) in [5.41, 5.74) is 0.809. The van der Waals surface area contributed by atoms with Crippen LogP contribution >= 0.6 is 12.2 Å². The minimum Gasteiger partial charge on any atom is -0.491 e. The molecule has 1 amide bonds. The van der Waals surface area contributed by atoms with E-state index in [1.54, 1.807) is 24.4 Å². The first kappa shape index (κ1) is 24.6. The normalized spacial score (nSPS) is 12.8. The maximum atomic E-state index is 14.0. The van der Waals surface area contributed by atoms with Gasteiger partial charge >= 0.3 is 0 Å². The number of morpholine rings is 1. The van der Waals surface area contributed by atoms with Gasteiger partial charge in [0.25, 0.3) is 5.91 Å². The van der Waals surface area contributed by atoms with Gasteiger partial charge in [0.2, 0.25) is 0 Å². The molecular formula is C22H29FN4O3S. The first-order chi connectivity index (χ1) is 15.1. The molecule has 0 bridgehead atoms. The van der Waals surface area contributed by atoms with E-state index in [4.69, 9.17) is 21.7 Å². The Morgan fingerprint density at radius 1 is 1.29 bits per heavy atom. The van der Waals surface area contributed by atoms with Crippen molar-refractivity contribution in [1.82, 2.24) is 15.6 Å². The molecule has 0 aliphatic carbocycles. The number of thiocarbonyl (C=S) groups is 1. The summed E-state index contributed by atoms with van der Waals surface area (Å²) < 4.78 is 24.4. The number of carbonyl (C=O) groups excluding carboxylic acids is 1. The second-order valence-electron chi connectivity index (χ2n) is 6.71. The standard InChI is InChI=1S/C18H20FN3O2S.C4H9NO/c1-2-3-4-10-24-16-8-7-14(11-15(16)19)21-18(25)22-17(23)13-6-5-9-20-12-13;1-3-6-4-2-5-1/h5-9,11-12H,2-4,10H2,1H3,(H2,21,22,23,25);5H,1-4H2. The number of halogens is 1. The number of pyridine rings is 1. The van der Waals surface area contributed by atoms with Gasteiger partial charge in [-0.3, -0.25) is 15.1 Å². The highest BCUT2D eigenvalue weighted by Crippen LogP contribution is 2.21. The fourth-order valence-corrected chi connectivity index (χ4v) is 2.79. The minimum absolute atomic E-state index is 0.0740. The number of carbonyl (C=O) groups is 1. The number of rotatable bonds is 7. The summed E-state index contributed by atoms with van der Waals surface area (Å²) in [6.07, 6.45) is 6.02. The number of aromatic nitrogens is 1. The van der Waals surface area contributed by atoms with Gasteiger partial charge in [-0.05, 0) is 42.9 Å². The van der Waals surface area contributed by atoms with E-state index in [-0.39, 0.29) is 16.8 Å². The summed E-state index contributed by atoms with van der Waals surface area (Å²) in [7, 11) is 0. The molecule has 1 fully saturated rings. The van der Waals surface area contributed by atoms with E-state index in [1.165, 1.54) is 18.3 Å². The molecule has 1 aromatic carbocycles. The zero-order valence-electron chi connectivity index (χ0n) is 17.7. The summed E-state index contributed by atoms with van der Waals surface area (Å²) in [4.78, 5) is 15.8. The van der Waals surface area contributed by atoms with Gasteiger partial charge in [0.1, 0.15) is 0 Å². The summed E-state index contributed by atoms with van der Waals surface area (Å²) >= 11 is 5.07. The Hall–Kier alpha value is -2.62. The Bertz CT molecular complexity index is 808. The average molecular weight is 449 g/mol. The highest BCUT2D eigenvalue weighted by molar-refractivity contribution is 7.80. The van der Waals surface area contributed by atoms with Crippen LogP contribution in [0.15, 0.2) is 42.7 Å². The molecule has 1 aromatic heterocycles. The van der Waals surface area contributed by atoms with Crippen molar-refractivity contribution >= 4 is 28.9 Å². The molecule has 168 valence electrons. The molecule has 9 heteroatoms. The number of ether oxygens (including phenoxy) is 2. The third kappa shape index (κ3) is 9.82. The van der Waals surface area contributed by atoms with E-state index < -0.39 is 5.82 Å². The molecule has 7 nitrogen and oxygen atoms in total. The van der Waals surface area contributed by atoms with Crippen LogP contribution in [0.2, 0.25) is 0 Å². The number of anilines is 1. The van der Waals surface area contributed by atoms with Crippen molar-refractivity contribution in [2.24, 2.45) is 0 Å². The maximum Gasteiger partial charge on any atom is 0.258 e. The van der Waals surface area contributed by atoms with Crippen LogP contribution < -0.4 is 20.7 Å². The summed E-state index contributed by atoms with van der Waals surface area (Å²) in [6, 6.07) is 7.73. The molecule has 1 aliphatic heterocycles. The van der Waals surface area contributed by atoms with Gasteiger partial charge in [0.05, 0.1) is 25.4 Å². The predicted molar refractivity (Wildman–Crippen MR) is 123 cm³/mol. The van der Waals surface area contributed by atoms with Crippen LogP contribution in [-0.2, 0) is 4.74 Å². The zero-order chi connectivity index (χ0) is 22.3. The van der Waals surface area contributed by atoms with Crippen LogP contribution in [0.5, 0.6) is 5.75 Å². The lowest BCUT2D eigenvalue weighted by Crippen LogP contribution is -2.34. The van der Waals surface area contributed by atoms with Crippen LogP contribution in [0.1, 0.15) is 36.5 Å². The maximum absolute atomic E-state index is 14.0. The lowest BCUT2D eigenvalue weighted by Gasteiger charge is -2.11. The Morgan fingerprint density at radius 2 is 2.10 bits per heavy atom.